The van der Waals surface area contributed by atoms with Gasteiger partial charge in [-0.1, -0.05) is 17.7 Å². The lowest BCUT2D eigenvalue weighted by Crippen LogP contribution is -2.19. The van der Waals surface area contributed by atoms with Gasteiger partial charge in [0.2, 0.25) is 0 Å². The monoisotopic (exact) mass is 417 g/mol. The molecule has 2 N–H and O–H groups in total. The van der Waals surface area contributed by atoms with Crippen LogP contribution in [-0.2, 0) is 4.79 Å². The Balaban J connectivity index is 1.60. The van der Waals surface area contributed by atoms with Gasteiger partial charge in [-0.05, 0) is 79.7 Å². The zero-order valence-electron chi connectivity index (χ0n) is 16.4. The average molecular weight is 417 g/mol. The number of nitrogens with zero attached hydrogens (tertiary/aromatic N) is 2. The third kappa shape index (κ3) is 4.06. The van der Waals surface area contributed by atoms with Crippen molar-refractivity contribution in [1.82, 2.24) is 9.88 Å². The predicted molar refractivity (Wildman–Crippen MR) is 119 cm³/mol. The molecule has 2 aromatic carbocycles. The quantitative estimate of drug-likeness (QED) is 0.604. The number of carbonyl (C=O) groups is 2. The number of carboxylic acid groups (broad SMARTS) is 1. The maximum Gasteiger partial charge on any atom is 0.335 e. The van der Waals surface area contributed by atoms with E-state index in [1.165, 1.54) is 11.8 Å². The molecule has 1 saturated heterocycles. The van der Waals surface area contributed by atoms with Gasteiger partial charge >= 0.3 is 5.97 Å². The van der Waals surface area contributed by atoms with Gasteiger partial charge in [0.15, 0.2) is 5.17 Å². The summed E-state index contributed by atoms with van der Waals surface area (Å²) >= 11 is 1.29. The molecule has 1 fully saturated rings. The van der Waals surface area contributed by atoms with Gasteiger partial charge in [0.25, 0.3) is 5.91 Å². The molecule has 0 saturated carbocycles. The van der Waals surface area contributed by atoms with E-state index in [9.17, 15) is 9.59 Å². The fourth-order valence-corrected chi connectivity index (χ4v) is 3.99. The van der Waals surface area contributed by atoms with Crippen LogP contribution in [0.2, 0.25) is 0 Å². The smallest absolute Gasteiger partial charge is 0.335 e. The van der Waals surface area contributed by atoms with Gasteiger partial charge in [-0.15, -0.1) is 0 Å². The first-order valence-corrected chi connectivity index (χ1v) is 10.1. The van der Waals surface area contributed by atoms with Crippen molar-refractivity contribution in [1.29, 1.82) is 0 Å². The van der Waals surface area contributed by atoms with Crippen molar-refractivity contribution in [3.8, 4) is 5.69 Å². The molecule has 0 aliphatic carbocycles. The second kappa shape index (κ2) is 8.04. The lowest BCUT2D eigenvalue weighted by Gasteiger charge is -2.07. The molecule has 4 rings (SSSR count). The van der Waals surface area contributed by atoms with Crippen molar-refractivity contribution in [2.75, 3.05) is 0 Å². The van der Waals surface area contributed by atoms with Crippen LogP contribution in [-0.4, -0.2) is 26.7 Å². The number of thioether (sulfide) groups is 1. The minimum Gasteiger partial charge on any atom is -0.478 e. The normalized spacial score (nSPS) is 16.3. The minimum absolute atomic E-state index is 0.197. The minimum atomic E-state index is -0.967. The molecule has 1 aromatic heterocycles. The molecule has 0 bridgehead atoms. The Kier molecular flexibility index (Phi) is 5.29. The third-order valence-electron chi connectivity index (χ3n) is 4.68. The molecule has 0 radical (unpaired) electrons. The second-order valence-electron chi connectivity index (χ2n) is 6.93. The first kappa shape index (κ1) is 19.7. The van der Waals surface area contributed by atoms with E-state index in [2.05, 4.69) is 16.4 Å². The summed E-state index contributed by atoms with van der Waals surface area (Å²) in [6, 6.07) is 16.3. The Bertz CT molecular complexity index is 1210. The zero-order valence-corrected chi connectivity index (χ0v) is 17.2. The Hall–Kier alpha value is -3.58. The second-order valence-corrected chi connectivity index (χ2v) is 7.96. The third-order valence-corrected chi connectivity index (χ3v) is 5.59. The molecule has 1 amide bonds. The van der Waals surface area contributed by atoms with E-state index in [1.54, 1.807) is 30.3 Å². The van der Waals surface area contributed by atoms with Gasteiger partial charge < -0.3 is 15.0 Å². The van der Waals surface area contributed by atoms with Crippen molar-refractivity contribution in [3.63, 3.8) is 0 Å². The fraction of sp³-hybridized carbons (Fsp3) is 0.0870. The Morgan fingerprint density at radius 3 is 2.60 bits per heavy atom. The molecule has 30 heavy (non-hydrogen) atoms. The number of amidine groups is 1. The largest absolute Gasteiger partial charge is 0.478 e. The van der Waals surface area contributed by atoms with Crippen LogP contribution >= 0.6 is 11.8 Å². The number of rotatable bonds is 4. The predicted octanol–water partition coefficient (Wildman–Crippen LogP) is 4.68. The number of carbonyl (C=O) groups excluding carboxylic acids is 1. The highest BCUT2D eigenvalue weighted by Gasteiger charge is 2.24. The molecule has 6 nitrogen and oxygen atoms in total. The van der Waals surface area contributed by atoms with Crippen LogP contribution in [0.25, 0.3) is 11.8 Å². The SMILES string of the molecule is Cc1ccc(N=C2NC(=O)/C(=C/c3cccn3-c3ccc(C(=O)O)cc3)S2)c(C)c1. The molecule has 150 valence electrons. The molecule has 2 heterocycles. The van der Waals surface area contributed by atoms with E-state index in [-0.39, 0.29) is 11.5 Å². The van der Waals surface area contributed by atoms with E-state index in [0.717, 1.165) is 28.2 Å². The summed E-state index contributed by atoms with van der Waals surface area (Å²) in [7, 11) is 0. The molecule has 3 aromatic rings. The maximum absolute atomic E-state index is 12.5. The number of carboxylic acids is 1. The number of aromatic nitrogens is 1. The number of aryl methyl sites for hydroxylation is 2. The van der Waals surface area contributed by atoms with Gasteiger partial charge in [-0.3, -0.25) is 4.79 Å². The molecule has 1 aliphatic heterocycles. The molecule has 0 unspecified atom stereocenters. The number of benzene rings is 2. The van der Waals surface area contributed by atoms with Crippen LogP contribution in [0, 0.1) is 13.8 Å². The highest BCUT2D eigenvalue weighted by molar-refractivity contribution is 8.18. The summed E-state index contributed by atoms with van der Waals surface area (Å²) in [5.74, 6) is -1.16. The summed E-state index contributed by atoms with van der Waals surface area (Å²) < 4.78 is 1.89. The van der Waals surface area contributed by atoms with E-state index in [4.69, 9.17) is 5.11 Å². The molecule has 7 heteroatoms. The summed E-state index contributed by atoms with van der Waals surface area (Å²) in [5.41, 5.74) is 4.88. The standard InChI is InChI=1S/C23H19N3O3S/c1-14-5-10-19(15(2)12-14)24-23-25-21(27)20(30-23)13-18-4-3-11-26(18)17-8-6-16(7-9-17)22(28)29/h3-13H,1-2H3,(H,28,29)(H,24,25,27)/b20-13-. The zero-order chi connectivity index (χ0) is 21.3. The molecule has 1 aliphatic rings. The number of nitrogens with one attached hydrogen (secondary N) is 1. The summed E-state index contributed by atoms with van der Waals surface area (Å²) in [6.45, 7) is 4.02. The number of amides is 1. The molecule has 0 spiro atoms. The Morgan fingerprint density at radius 2 is 1.90 bits per heavy atom. The van der Waals surface area contributed by atoms with Gasteiger partial charge in [-0.25, -0.2) is 9.79 Å². The van der Waals surface area contributed by atoms with Crippen LogP contribution < -0.4 is 5.32 Å². The average Bonchev–Trinajstić information content (AvgIpc) is 3.31. The van der Waals surface area contributed by atoms with Gasteiger partial charge in [-0.2, -0.15) is 0 Å². The van der Waals surface area contributed by atoms with Crippen molar-refractivity contribution in [2.24, 2.45) is 4.99 Å². The van der Waals surface area contributed by atoms with Gasteiger partial charge in [0, 0.05) is 17.6 Å². The van der Waals surface area contributed by atoms with Gasteiger partial charge in [0.1, 0.15) is 0 Å². The topological polar surface area (TPSA) is 83.7 Å². The van der Waals surface area contributed by atoms with Crippen molar-refractivity contribution >= 4 is 40.6 Å². The number of aromatic carboxylic acids is 1. The summed E-state index contributed by atoms with van der Waals surface area (Å²) in [5, 5.41) is 12.4. The van der Waals surface area contributed by atoms with Crippen molar-refractivity contribution in [2.45, 2.75) is 13.8 Å². The summed E-state index contributed by atoms with van der Waals surface area (Å²) in [4.78, 5) is 28.6. The number of hydrogen-bond acceptors (Lipinski definition) is 4. The lowest BCUT2D eigenvalue weighted by atomic mass is 10.1. The number of aliphatic imine (C=N–C) groups is 1. The summed E-state index contributed by atoms with van der Waals surface area (Å²) in [6.07, 6.45) is 3.67. The first-order chi connectivity index (χ1) is 14.4. The van der Waals surface area contributed by atoms with E-state index < -0.39 is 5.97 Å². The van der Waals surface area contributed by atoms with Crippen LogP contribution in [0.1, 0.15) is 27.2 Å². The Labute approximate surface area is 178 Å². The molecular formula is C23H19N3O3S. The fourth-order valence-electron chi connectivity index (χ4n) is 3.17. The highest BCUT2D eigenvalue weighted by Crippen LogP contribution is 2.30. The van der Waals surface area contributed by atoms with Crippen LogP contribution in [0.4, 0.5) is 5.69 Å². The number of hydrogen-bond donors (Lipinski definition) is 2. The lowest BCUT2D eigenvalue weighted by molar-refractivity contribution is -0.115. The maximum atomic E-state index is 12.5. The van der Waals surface area contributed by atoms with Crippen molar-refractivity contribution < 1.29 is 14.7 Å². The van der Waals surface area contributed by atoms with E-state index in [1.807, 2.05) is 48.9 Å². The van der Waals surface area contributed by atoms with Crippen LogP contribution in [0.3, 0.4) is 0 Å². The highest BCUT2D eigenvalue weighted by atomic mass is 32.2. The molecular weight excluding hydrogens is 398 g/mol. The van der Waals surface area contributed by atoms with Gasteiger partial charge in [0.05, 0.1) is 16.2 Å². The molecule has 0 atom stereocenters. The van der Waals surface area contributed by atoms with Crippen LogP contribution in [0.15, 0.2) is 70.7 Å². The van der Waals surface area contributed by atoms with E-state index in [0.29, 0.717) is 10.1 Å². The van der Waals surface area contributed by atoms with Crippen molar-refractivity contribution in [3.05, 3.63) is 88.1 Å². The van der Waals surface area contributed by atoms with E-state index >= 15 is 0 Å². The Morgan fingerprint density at radius 1 is 1.13 bits per heavy atom. The first-order valence-electron chi connectivity index (χ1n) is 9.28. The van der Waals surface area contributed by atoms with Crippen LogP contribution in [0.5, 0.6) is 0 Å².